The highest BCUT2D eigenvalue weighted by Gasteiger charge is 2.53. The quantitative estimate of drug-likeness (QED) is 0.801. The van der Waals surface area contributed by atoms with Gasteiger partial charge in [-0.2, -0.15) is 0 Å². The first-order valence-electron chi connectivity index (χ1n) is 7.01. The van der Waals surface area contributed by atoms with Crippen molar-refractivity contribution >= 4 is 17.5 Å². The lowest BCUT2D eigenvalue weighted by Gasteiger charge is -2.27. The van der Waals surface area contributed by atoms with Crippen molar-refractivity contribution < 1.29 is 9.18 Å². The summed E-state index contributed by atoms with van der Waals surface area (Å²) in [7, 11) is 0. The second kappa shape index (κ2) is 5.01. The zero-order valence-electron chi connectivity index (χ0n) is 11.5. The molecule has 2 unspecified atom stereocenters. The monoisotopic (exact) mass is 296 g/mol. The van der Waals surface area contributed by atoms with Gasteiger partial charge in [-0.1, -0.05) is 19.1 Å². The van der Waals surface area contributed by atoms with Crippen LogP contribution in [-0.4, -0.2) is 34.9 Å². The fraction of sp³-hybridized carbons (Fsp3) is 0.533. The predicted octanol–water partition coefficient (Wildman–Crippen LogP) is 2.96. The maximum atomic E-state index is 13.4. The van der Waals surface area contributed by atoms with E-state index in [1.165, 1.54) is 12.1 Å². The smallest absolute Gasteiger partial charge is 0.246 e. The number of hydrazine groups is 1. The zero-order chi connectivity index (χ0) is 14.3. The molecule has 1 amide bonds. The van der Waals surface area contributed by atoms with Crippen molar-refractivity contribution in [1.82, 2.24) is 10.0 Å². The van der Waals surface area contributed by atoms with Gasteiger partial charge in [0.25, 0.3) is 0 Å². The Bertz CT molecular complexity index is 532. The van der Waals surface area contributed by atoms with E-state index in [-0.39, 0.29) is 17.8 Å². The number of alkyl halides is 1. The summed E-state index contributed by atoms with van der Waals surface area (Å²) in [5, 5.41) is 3.88. The van der Waals surface area contributed by atoms with E-state index in [2.05, 4.69) is 5.01 Å². The van der Waals surface area contributed by atoms with Crippen LogP contribution in [0.25, 0.3) is 0 Å². The Labute approximate surface area is 123 Å². The average molecular weight is 297 g/mol. The molecule has 2 heterocycles. The minimum Gasteiger partial charge on any atom is -0.273 e. The van der Waals surface area contributed by atoms with Gasteiger partial charge in [0.2, 0.25) is 5.91 Å². The molecule has 2 aliphatic rings. The Balaban J connectivity index is 1.92. The van der Waals surface area contributed by atoms with Crippen LogP contribution in [0.15, 0.2) is 24.3 Å². The first-order valence-corrected chi connectivity index (χ1v) is 7.55. The number of rotatable bonds is 3. The van der Waals surface area contributed by atoms with Crippen molar-refractivity contribution in [2.45, 2.75) is 25.8 Å². The summed E-state index contributed by atoms with van der Waals surface area (Å²) in [5.74, 6) is 0.166. The van der Waals surface area contributed by atoms with Gasteiger partial charge in [-0.3, -0.25) is 9.80 Å². The molecule has 3 nitrogen and oxygen atoms in total. The van der Waals surface area contributed by atoms with Crippen molar-refractivity contribution in [1.29, 1.82) is 0 Å². The second-order valence-corrected chi connectivity index (χ2v) is 5.93. The Kier molecular flexibility index (Phi) is 3.46. The summed E-state index contributed by atoms with van der Waals surface area (Å²) in [6, 6.07) is 6.47. The molecule has 0 spiro atoms. The van der Waals surface area contributed by atoms with Crippen LogP contribution in [-0.2, 0) is 4.79 Å². The van der Waals surface area contributed by atoms with Crippen LogP contribution in [0.4, 0.5) is 4.39 Å². The van der Waals surface area contributed by atoms with E-state index in [9.17, 15) is 9.18 Å². The summed E-state index contributed by atoms with van der Waals surface area (Å²) >= 11 is 6.06. The molecule has 0 aromatic heterocycles. The molecule has 2 aliphatic heterocycles. The molecule has 2 atom stereocenters. The fourth-order valence-corrected chi connectivity index (χ4v) is 3.65. The van der Waals surface area contributed by atoms with Gasteiger partial charge < -0.3 is 0 Å². The molecule has 2 saturated heterocycles. The van der Waals surface area contributed by atoms with Crippen molar-refractivity contribution in [2.75, 3.05) is 19.0 Å². The summed E-state index contributed by atoms with van der Waals surface area (Å²) in [5.41, 5.74) is 0.385. The molecule has 1 aromatic rings. The first kappa shape index (κ1) is 13.8. The van der Waals surface area contributed by atoms with Crippen LogP contribution in [0.1, 0.15) is 31.4 Å². The molecule has 0 radical (unpaired) electrons. The molecular weight excluding hydrogens is 279 g/mol. The second-order valence-electron chi connectivity index (χ2n) is 5.66. The number of amides is 1. The Morgan fingerprint density at radius 3 is 2.95 bits per heavy atom. The maximum absolute atomic E-state index is 13.4. The molecule has 1 aromatic carbocycles. The zero-order valence-corrected chi connectivity index (χ0v) is 12.2. The lowest BCUT2D eigenvalue weighted by molar-refractivity contribution is -0.142. The van der Waals surface area contributed by atoms with Crippen molar-refractivity contribution in [2.24, 2.45) is 5.41 Å². The minimum absolute atomic E-state index is 0.0603. The topological polar surface area (TPSA) is 23.6 Å². The normalized spacial score (nSPS) is 30.1. The van der Waals surface area contributed by atoms with E-state index >= 15 is 0 Å². The van der Waals surface area contributed by atoms with Crippen LogP contribution in [0.5, 0.6) is 0 Å². The van der Waals surface area contributed by atoms with E-state index in [1.54, 1.807) is 11.1 Å². The number of benzene rings is 1. The van der Waals surface area contributed by atoms with E-state index in [1.807, 2.05) is 13.0 Å². The summed E-state index contributed by atoms with van der Waals surface area (Å²) < 4.78 is 13.4. The maximum Gasteiger partial charge on any atom is 0.246 e. The van der Waals surface area contributed by atoms with Gasteiger partial charge >= 0.3 is 0 Å². The highest BCUT2D eigenvalue weighted by molar-refractivity contribution is 6.20. The average Bonchev–Trinajstić information content (AvgIpc) is 2.98. The number of carbonyl (C=O) groups excluding carboxylic acids is 1. The van der Waals surface area contributed by atoms with E-state index in [0.717, 1.165) is 24.9 Å². The Morgan fingerprint density at radius 2 is 2.30 bits per heavy atom. The van der Waals surface area contributed by atoms with Crippen molar-refractivity contribution in [3.63, 3.8) is 0 Å². The summed E-state index contributed by atoms with van der Waals surface area (Å²) in [4.78, 5) is 12.7. The Hall–Kier alpha value is -1.13. The third kappa shape index (κ3) is 1.93. The molecule has 5 heteroatoms. The van der Waals surface area contributed by atoms with Gasteiger partial charge in [0.15, 0.2) is 0 Å². The number of halogens is 2. The van der Waals surface area contributed by atoms with Crippen LogP contribution < -0.4 is 0 Å². The molecule has 0 aliphatic carbocycles. The standard InChI is InChI=1S/C15H18ClFN2O/c1-2-15(9-16)10-18-7-6-13(19(18)14(15)20)11-4-3-5-12(17)8-11/h3-5,8,13H,2,6-7,9-10H2,1H3. The van der Waals surface area contributed by atoms with Gasteiger partial charge in [-0.05, 0) is 30.5 Å². The molecule has 0 saturated carbocycles. The van der Waals surface area contributed by atoms with Gasteiger partial charge in [0.1, 0.15) is 5.82 Å². The lowest BCUT2D eigenvalue weighted by atomic mass is 9.86. The number of carbonyl (C=O) groups is 1. The number of hydrogen-bond acceptors (Lipinski definition) is 2. The summed E-state index contributed by atoms with van der Waals surface area (Å²) in [6.45, 7) is 3.50. The third-order valence-corrected chi connectivity index (χ3v) is 5.09. The number of nitrogens with zero attached hydrogens (tertiary/aromatic N) is 2. The fourth-order valence-electron chi connectivity index (χ4n) is 3.26. The van der Waals surface area contributed by atoms with Gasteiger partial charge in [-0.15, -0.1) is 11.6 Å². The highest BCUT2D eigenvalue weighted by Crippen LogP contribution is 2.44. The molecular formula is C15H18ClFN2O. The summed E-state index contributed by atoms with van der Waals surface area (Å²) in [6.07, 6.45) is 1.58. The Morgan fingerprint density at radius 1 is 1.50 bits per heavy atom. The van der Waals surface area contributed by atoms with Crippen molar-refractivity contribution in [3.8, 4) is 0 Å². The molecule has 2 fully saturated rings. The van der Waals surface area contributed by atoms with Crippen molar-refractivity contribution in [3.05, 3.63) is 35.6 Å². The van der Waals surface area contributed by atoms with Gasteiger partial charge in [0, 0.05) is 19.0 Å². The molecule has 0 N–H and O–H groups in total. The molecule has 20 heavy (non-hydrogen) atoms. The van der Waals surface area contributed by atoms with E-state index < -0.39 is 5.41 Å². The van der Waals surface area contributed by atoms with Crippen LogP contribution >= 0.6 is 11.6 Å². The highest BCUT2D eigenvalue weighted by atomic mass is 35.5. The van der Waals surface area contributed by atoms with E-state index in [4.69, 9.17) is 11.6 Å². The van der Waals surface area contributed by atoms with Gasteiger partial charge in [-0.25, -0.2) is 9.40 Å². The number of hydrogen-bond donors (Lipinski definition) is 0. The SMILES string of the molecule is CCC1(CCl)CN2CCC(c3cccc(F)c3)N2C1=O. The minimum atomic E-state index is -0.479. The third-order valence-electron chi connectivity index (χ3n) is 4.57. The lowest BCUT2D eigenvalue weighted by Crippen LogP contribution is -2.38. The van der Waals surface area contributed by atoms with Crippen LogP contribution in [0, 0.1) is 11.2 Å². The van der Waals surface area contributed by atoms with Gasteiger partial charge in [0.05, 0.1) is 11.5 Å². The van der Waals surface area contributed by atoms with E-state index in [0.29, 0.717) is 12.4 Å². The molecule has 3 rings (SSSR count). The first-order chi connectivity index (χ1) is 9.61. The number of fused-ring (bicyclic) bond motifs is 1. The molecule has 108 valence electrons. The van der Waals surface area contributed by atoms with Crippen LogP contribution in [0.2, 0.25) is 0 Å². The predicted molar refractivity (Wildman–Crippen MR) is 75.6 cm³/mol. The largest absolute Gasteiger partial charge is 0.273 e. The molecule has 0 bridgehead atoms. The van der Waals surface area contributed by atoms with Crippen LogP contribution in [0.3, 0.4) is 0 Å².